The standard InChI is InChI=1S/C20H22ClN3O/c1-14-17(5-2-6-18(14)21)20(25)24-9-7-16-12-23(13-19(16)24)11-15-4-3-8-22-10-15/h2-6,8,10,16,19H,7,9,11-13H2,1H3/t16-,19+/m0/s1. The van der Waals surface area contributed by atoms with Crippen LogP contribution in [0.15, 0.2) is 42.7 Å². The van der Waals surface area contributed by atoms with Gasteiger partial charge >= 0.3 is 0 Å². The predicted octanol–water partition coefficient (Wildman–Crippen LogP) is 3.39. The Balaban J connectivity index is 1.48. The molecule has 1 amide bonds. The molecule has 2 atom stereocenters. The van der Waals surface area contributed by atoms with Crippen LogP contribution < -0.4 is 0 Å². The lowest BCUT2D eigenvalue weighted by atomic mass is 10.0. The molecule has 0 unspecified atom stereocenters. The monoisotopic (exact) mass is 355 g/mol. The van der Waals surface area contributed by atoms with Gasteiger partial charge in [-0.2, -0.15) is 0 Å². The molecule has 4 nitrogen and oxygen atoms in total. The average Bonchev–Trinajstić information content (AvgIpc) is 3.17. The van der Waals surface area contributed by atoms with E-state index in [-0.39, 0.29) is 5.91 Å². The Morgan fingerprint density at radius 3 is 2.96 bits per heavy atom. The Bertz CT molecular complexity index is 780. The summed E-state index contributed by atoms with van der Waals surface area (Å²) in [5, 5.41) is 0.659. The van der Waals surface area contributed by atoms with Gasteiger partial charge in [-0.3, -0.25) is 14.7 Å². The van der Waals surface area contributed by atoms with Gasteiger partial charge in [0.2, 0.25) is 0 Å². The molecule has 1 aromatic carbocycles. The van der Waals surface area contributed by atoms with E-state index in [1.807, 2.05) is 37.4 Å². The van der Waals surface area contributed by atoms with Gasteiger partial charge in [0.05, 0.1) is 0 Å². The van der Waals surface area contributed by atoms with E-state index in [1.165, 1.54) is 5.56 Å². The maximum Gasteiger partial charge on any atom is 0.254 e. The molecule has 0 spiro atoms. The Morgan fingerprint density at radius 2 is 2.16 bits per heavy atom. The van der Waals surface area contributed by atoms with Crippen LogP contribution in [0.5, 0.6) is 0 Å². The van der Waals surface area contributed by atoms with E-state index in [0.717, 1.165) is 43.7 Å². The van der Waals surface area contributed by atoms with Gasteiger partial charge in [-0.15, -0.1) is 0 Å². The summed E-state index contributed by atoms with van der Waals surface area (Å²) in [5.41, 5.74) is 2.84. The average molecular weight is 356 g/mol. The van der Waals surface area contributed by atoms with Gasteiger partial charge in [0.1, 0.15) is 0 Å². The van der Waals surface area contributed by atoms with Gasteiger partial charge in [-0.25, -0.2) is 0 Å². The minimum absolute atomic E-state index is 0.121. The Morgan fingerprint density at radius 1 is 1.28 bits per heavy atom. The van der Waals surface area contributed by atoms with Crippen LogP contribution in [0.25, 0.3) is 0 Å². The maximum atomic E-state index is 13.1. The molecular formula is C20H22ClN3O. The molecule has 0 saturated carbocycles. The third kappa shape index (κ3) is 3.16. The molecule has 3 heterocycles. The molecule has 25 heavy (non-hydrogen) atoms. The largest absolute Gasteiger partial charge is 0.334 e. The van der Waals surface area contributed by atoms with E-state index < -0.39 is 0 Å². The van der Waals surface area contributed by atoms with Crippen molar-refractivity contribution < 1.29 is 4.79 Å². The van der Waals surface area contributed by atoms with Crippen LogP contribution in [0.1, 0.15) is 27.9 Å². The van der Waals surface area contributed by atoms with Crippen molar-refractivity contribution in [1.29, 1.82) is 0 Å². The van der Waals surface area contributed by atoms with Crippen molar-refractivity contribution in [2.24, 2.45) is 5.92 Å². The van der Waals surface area contributed by atoms with Crippen LogP contribution in [0.4, 0.5) is 0 Å². The van der Waals surface area contributed by atoms with Crippen LogP contribution >= 0.6 is 11.6 Å². The summed E-state index contributed by atoms with van der Waals surface area (Å²) in [6.07, 6.45) is 4.81. The zero-order valence-corrected chi connectivity index (χ0v) is 15.1. The number of aromatic nitrogens is 1. The van der Waals surface area contributed by atoms with Crippen molar-refractivity contribution in [3.8, 4) is 0 Å². The van der Waals surface area contributed by atoms with Crippen LogP contribution in [-0.2, 0) is 6.54 Å². The first-order chi connectivity index (χ1) is 12.1. The summed E-state index contributed by atoms with van der Waals surface area (Å²) >= 11 is 6.20. The second kappa shape index (κ2) is 6.77. The Hall–Kier alpha value is -1.91. The number of likely N-dealkylation sites (tertiary alicyclic amines) is 2. The number of amides is 1. The number of nitrogens with zero attached hydrogens (tertiary/aromatic N) is 3. The number of hydrogen-bond acceptors (Lipinski definition) is 3. The number of carbonyl (C=O) groups is 1. The molecule has 2 aliphatic rings. The summed E-state index contributed by atoms with van der Waals surface area (Å²) in [6.45, 7) is 5.66. The highest BCUT2D eigenvalue weighted by Gasteiger charge is 2.43. The lowest BCUT2D eigenvalue weighted by molar-refractivity contribution is 0.0725. The molecule has 130 valence electrons. The Labute approximate surface area is 153 Å². The molecule has 0 bridgehead atoms. The van der Waals surface area contributed by atoms with Crippen molar-refractivity contribution in [3.05, 3.63) is 64.4 Å². The normalized spacial score (nSPS) is 23.0. The summed E-state index contributed by atoms with van der Waals surface area (Å²) in [4.78, 5) is 21.8. The number of fused-ring (bicyclic) bond motifs is 1. The van der Waals surface area contributed by atoms with Crippen LogP contribution in [0.3, 0.4) is 0 Å². The smallest absolute Gasteiger partial charge is 0.254 e. The van der Waals surface area contributed by atoms with Gasteiger partial charge in [-0.1, -0.05) is 23.7 Å². The first kappa shape index (κ1) is 16.6. The quantitative estimate of drug-likeness (QED) is 0.846. The highest BCUT2D eigenvalue weighted by molar-refractivity contribution is 6.31. The topological polar surface area (TPSA) is 36.4 Å². The summed E-state index contributed by atoms with van der Waals surface area (Å²) < 4.78 is 0. The van der Waals surface area contributed by atoms with Gasteiger partial charge in [0.15, 0.2) is 0 Å². The van der Waals surface area contributed by atoms with Crippen molar-refractivity contribution in [2.75, 3.05) is 19.6 Å². The highest BCUT2D eigenvalue weighted by Crippen LogP contribution is 2.34. The SMILES string of the molecule is Cc1c(Cl)cccc1C(=O)N1CC[C@H]2CN(Cc3cccnc3)C[C@H]21. The van der Waals surface area contributed by atoms with E-state index >= 15 is 0 Å². The lowest BCUT2D eigenvalue weighted by Gasteiger charge is -2.26. The van der Waals surface area contributed by atoms with E-state index in [1.54, 1.807) is 6.20 Å². The molecule has 0 N–H and O–H groups in total. The summed E-state index contributed by atoms with van der Waals surface area (Å²) in [6, 6.07) is 9.98. The fourth-order valence-electron chi connectivity index (χ4n) is 4.17. The minimum Gasteiger partial charge on any atom is -0.334 e. The number of hydrogen-bond donors (Lipinski definition) is 0. The molecule has 1 aromatic heterocycles. The number of benzene rings is 1. The van der Waals surface area contributed by atoms with Crippen LogP contribution in [0.2, 0.25) is 5.02 Å². The number of carbonyl (C=O) groups excluding carboxylic acids is 1. The van der Waals surface area contributed by atoms with Gasteiger partial charge < -0.3 is 4.90 Å². The first-order valence-corrected chi connectivity index (χ1v) is 9.18. The molecule has 2 saturated heterocycles. The minimum atomic E-state index is 0.121. The maximum absolute atomic E-state index is 13.1. The number of halogens is 1. The number of pyridine rings is 1. The molecule has 2 aromatic rings. The molecule has 2 fully saturated rings. The van der Waals surface area contributed by atoms with Gasteiger partial charge in [-0.05, 0) is 48.6 Å². The van der Waals surface area contributed by atoms with Crippen molar-refractivity contribution >= 4 is 17.5 Å². The zero-order valence-electron chi connectivity index (χ0n) is 14.4. The zero-order chi connectivity index (χ0) is 17.4. The van der Waals surface area contributed by atoms with Crippen molar-refractivity contribution in [1.82, 2.24) is 14.8 Å². The van der Waals surface area contributed by atoms with Crippen molar-refractivity contribution in [3.63, 3.8) is 0 Å². The van der Waals surface area contributed by atoms with Crippen LogP contribution in [0, 0.1) is 12.8 Å². The predicted molar refractivity (Wildman–Crippen MR) is 98.6 cm³/mol. The van der Waals surface area contributed by atoms with E-state index in [0.29, 0.717) is 17.0 Å². The molecule has 4 rings (SSSR count). The highest BCUT2D eigenvalue weighted by atomic mass is 35.5. The second-order valence-electron chi connectivity index (χ2n) is 7.08. The van der Waals surface area contributed by atoms with Gasteiger partial charge in [0, 0.05) is 55.2 Å². The third-order valence-electron chi connectivity index (χ3n) is 5.51. The molecule has 0 aliphatic carbocycles. The Kier molecular flexibility index (Phi) is 4.48. The molecular weight excluding hydrogens is 334 g/mol. The van der Waals surface area contributed by atoms with Crippen molar-refractivity contribution in [2.45, 2.75) is 25.9 Å². The third-order valence-corrected chi connectivity index (χ3v) is 5.92. The molecule has 0 radical (unpaired) electrons. The first-order valence-electron chi connectivity index (χ1n) is 8.81. The molecule has 2 aliphatic heterocycles. The fraction of sp³-hybridized carbons (Fsp3) is 0.400. The van der Waals surface area contributed by atoms with E-state index in [2.05, 4.69) is 20.9 Å². The van der Waals surface area contributed by atoms with Gasteiger partial charge in [0.25, 0.3) is 5.91 Å². The summed E-state index contributed by atoms with van der Waals surface area (Å²) in [7, 11) is 0. The van der Waals surface area contributed by atoms with E-state index in [4.69, 9.17) is 11.6 Å². The number of rotatable bonds is 3. The van der Waals surface area contributed by atoms with E-state index in [9.17, 15) is 4.79 Å². The summed E-state index contributed by atoms with van der Waals surface area (Å²) in [5.74, 6) is 0.691. The lowest BCUT2D eigenvalue weighted by Crippen LogP contribution is -2.39. The molecule has 5 heteroatoms. The van der Waals surface area contributed by atoms with Crippen LogP contribution in [-0.4, -0.2) is 46.4 Å². The fourth-order valence-corrected chi connectivity index (χ4v) is 4.35. The second-order valence-corrected chi connectivity index (χ2v) is 7.49.